The van der Waals surface area contributed by atoms with Crippen molar-refractivity contribution in [3.63, 3.8) is 0 Å². The highest BCUT2D eigenvalue weighted by molar-refractivity contribution is 9.10. The summed E-state index contributed by atoms with van der Waals surface area (Å²) in [6.45, 7) is 5.92. The number of benzene rings is 2. The molecule has 3 heteroatoms. The average Bonchev–Trinajstić information content (AvgIpc) is 2.52. The Morgan fingerprint density at radius 1 is 1.05 bits per heavy atom. The van der Waals surface area contributed by atoms with Gasteiger partial charge in [0.25, 0.3) is 0 Å². The summed E-state index contributed by atoms with van der Waals surface area (Å²) in [6, 6.07) is 17.1. The van der Waals surface area contributed by atoms with Gasteiger partial charge in [0.1, 0.15) is 5.75 Å². The maximum absolute atomic E-state index is 5.59. The quantitative estimate of drug-likeness (QED) is 0.753. The van der Waals surface area contributed by atoms with Crippen molar-refractivity contribution in [1.82, 2.24) is 5.32 Å². The highest BCUT2D eigenvalue weighted by Gasteiger charge is 2.04. The molecule has 2 aromatic rings. The molecule has 2 rings (SSSR count). The van der Waals surface area contributed by atoms with Crippen molar-refractivity contribution in [2.45, 2.75) is 32.9 Å². The summed E-state index contributed by atoms with van der Waals surface area (Å²) >= 11 is 3.46. The molecular formula is C18H22BrNO. The predicted octanol–water partition coefficient (Wildman–Crippen LogP) is 5.09. The molecule has 2 aromatic carbocycles. The molecule has 1 atom stereocenters. The SMILES string of the molecule is CCCOc1ccc(CNC(C)c2ccc(Br)cc2)cc1. The van der Waals surface area contributed by atoms with Crippen molar-refractivity contribution in [1.29, 1.82) is 0 Å². The minimum Gasteiger partial charge on any atom is -0.494 e. The number of rotatable bonds is 7. The van der Waals surface area contributed by atoms with Crippen LogP contribution in [0.4, 0.5) is 0 Å². The van der Waals surface area contributed by atoms with Crippen molar-refractivity contribution >= 4 is 15.9 Å². The van der Waals surface area contributed by atoms with Crippen molar-refractivity contribution in [2.75, 3.05) is 6.61 Å². The second-order valence-corrected chi connectivity index (χ2v) is 6.06. The van der Waals surface area contributed by atoms with E-state index in [1.165, 1.54) is 11.1 Å². The van der Waals surface area contributed by atoms with Crippen molar-refractivity contribution in [3.8, 4) is 5.75 Å². The average molecular weight is 348 g/mol. The normalized spacial score (nSPS) is 12.1. The van der Waals surface area contributed by atoms with Crippen molar-refractivity contribution in [2.24, 2.45) is 0 Å². The summed E-state index contributed by atoms with van der Waals surface area (Å²) in [4.78, 5) is 0. The van der Waals surface area contributed by atoms with Gasteiger partial charge < -0.3 is 10.1 Å². The second kappa shape index (κ2) is 8.20. The summed E-state index contributed by atoms with van der Waals surface area (Å²) < 4.78 is 6.70. The first-order valence-corrected chi connectivity index (χ1v) is 8.19. The zero-order chi connectivity index (χ0) is 15.1. The van der Waals surface area contributed by atoms with E-state index < -0.39 is 0 Å². The topological polar surface area (TPSA) is 21.3 Å². The Morgan fingerprint density at radius 2 is 1.71 bits per heavy atom. The maximum atomic E-state index is 5.59. The summed E-state index contributed by atoms with van der Waals surface area (Å²) in [5.74, 6) is 0.946. The molecule has 2 nitrogen and oxygen atoms in total. The molecule has 0 fully saturated rings. The van der Waals surface area contributed by atoms with Gasteiger partial charge in [0.2, 0.25) is 0 Å². The van der Waals surface area contributed by atoms with E-state index in [2.05, 4.69) is 71.5 Å². The van der Waals surface area contributed by atoms with Gasteiger partial charge in [-0.2, -0.15) is 0 Å². The molecule has 0 aromatic heterocycles. The summed E-state index contributed by atoms with van der Waals surface area (Å²) in [5, 5.41) is 3.54. The Labute approximate surface area is 135 Å². The Balaban J connectivity index is 1.86. The van der Waals surface area contributed by atoms with Gasteiger partial charge in [-0.3, -0.25) is 0 Å². The van der Waals surface area contributed by atoms with Crippen LogP contribution in [0.15, 0.2) is 53.0 Å². The van der Waals surface area contributed by atoms with Crippen LogP contribution >= 0.6 is 15.9 Å². The monoisotopic (exact) mass is 347 g/mol. The lowest BCUT2D eigenvalue weighted by atomic mass is 10.1. The van der Waals surface area contributed by atoms with E-state index >= 15 is 0 Å². The largest absolute Gasteiger partial charge is 0.494 e. The molecule has 21 heavy (non-hydrogen) atoms. The van der Waals surface area contributed by atoms with Crippen molar-refractivity contribution < 1.29 is 4.74 Å². The molecule has 0 bridgehead atoms. The minimum atomic E-state index is 0.328. The third kappa shape index (κ3) is 5.18. The fraction of sp³-hybridized carbons (Fsp3) is 0.333. The van der Waals surface area contributed by atoms with Crippen LogP contribution in [0.2, 0.25) is 0 Å². The Morgan fingerprint density at radius 3 is 2.33 bits per heavy atom. The third-order valence-electron chi connectivity index (χ3n) is 3.38. The molecule has 0 radical (unpaired) electrons. The number of hydrogen-bond acceptors (Lipinski definition) is 2. The number of hydrogen-bond donors (Lipinski definition) is 1. The molecule has 0 spiro atoms. The number of nitrogens with one attached hydrogen (secondary N) is 1. The lowest BCUT2D eigenvalue weighted by molar-refractivity contribution is 0.317. The molecule has 0 aliphatic carbocycles. The van der Waals surface area contributed by atoms with Gasteiger partial charge in [-0.1, -0.05) is 47.1 Å². The fourth-order valence-corrected chi connectivity index (χ4v) is 2.33. The zero-order valence-corrected chi connectivity index (χ0v) is 14.2. The zero-order valence-electron chi connectivity index (χ0n) is 12.6. The smallest absolute Gasteiger partial charge is 0.119 e. The highest BCUT2D eigenvalue weighted by atomic mass is 79.9. The lowest BCUT2D eigenvalue weighted by Crippen LogP contribution is -2.17. The molecule has 112 valence electrons. The van der Waals surface area contributed by atoms with E-state index in [0.29, 0.717) is 6.04 Å². The predicted molar refractivity (Wildman–Crippen MR) is 91.6 cm³/mol. The fourth-order valence-electron chi connectivity index (χ4n) is 2.06. The van der Waals surface area contributed by atoms with Gasteiger partial charge in [0.05, 0.1) is 6.61 Å². The van der Waals surface area contributed by atoms with Crippen LogP contribution < -0.4 is 10.1 Å². The van der Waals surface area contributed by atoms with Gasteiger partial charge >= 0.3 is 0 Å². The van der Waals surface area contributed by atoms with Crippen LogP contribution in [0.3, 0.4) is 0 Å². The van der Waals surface area contributed by atoms with Gasteiger partial charge in [-0.15, -0.1) is 0 Å². The minimum absolute atomic E-state index is 0.328. The van der Waals surface area contributed by atoms with Crippen LogP contribution in [-0.4, -0.2) is 6.61 Å². The second-order valence-electron chi connectivity index (χ2n) is 5.15. The Hall–Kier alpha value is -1.32. The van der Waals surface area contributed by atoms with E-state index in [1.54, 1.807) is 0 Å². The van der Waals surface area contributed by atoms with E-state index in [1.807, 2.05) is 12.1 Å². The van der Waals surface area contributed by atoms with E-state index in [-0.39, 0.29) is 0 Å². The molecule has 0 saturated carbocycles. The van der Waals surface area contributed by atoms with Crippen LogP contribution in [0.25, 0.3) is 0 Å². The summed E-state index contributed by atoms with van der Waals surface area (Å²) in [5.41, 5.74) is 2.56. The molecule has 0 heterocycles. The number of ether oxygens (including phenoxy) is 1. The van der Waals surface area contributed by atoms with Crippen LogP contribution in [0.1, 0.15) is 37.4 Å². The molecule has 0 saturated heterocycles. The van der Waals surface area contributed by atoms with Crippen LogP contribution in [0.5, 0.6) is 5.75 Å². The standard InChI is InChI=1S/C18H22BrNO/c1-3-12-21-18-10-4-15(5-11-18)13-20-14(2)16-6-8-17(19)9-7-16/h4-11,14,20H,3,12-13H2,1-2H3. The first-order valence-electron chi connectivity index (χ1n) is 7.39. The van der Waals surface area contributed by atoms with E-state index in [9.17, 15) is 0 Å². The molecule has 0 amide bonds. The maximum Gasteiger partial charge on any atom is 0.119 e. The Bertz CT molecular complexity index is 536. The highest BCUT2D eigenvalue weighted by Crippen LogP contribution is 2.18. The van der Waals surface area contributed by atoms with Gasteiger partial charge in [-0.25, -0.2) is 0 Å². The summed E-state index contributed by atoms with van der Waals surface area (Å²) in [7, 11) is 0. The van der Waals surface area contributed by atoms with Crippen molar-refractivity contribution in [3.05, 3.63) is 64.1 Å². The number of halogens is 1. The lowest BCUT2D eigenvalue weighted by Gasteiger charge is -2.14. The first-order chi connectivity index (χ1) is 10.2. The van der Waals surface area contributed by atoms with Crippen LogP contribution in [0, 0.1) is 0 Å². The molecular weight excluding hydrogens is 326 g/mol. The molecule has 1 N–H and O–H groups in total. The third-order valence-corrected chi connectivity index (χ3v) is 3.91. The first kappa shape index (κ1) is 16.1. The van der Waals surface area contributed by atoms with Crippen LogP contribution in [-0.2, 0) is 6.54 Å². The van der Waals surface area contributed by atoms with Gasteiger partial charge in [0.15, 0.2) is 0 Å². The molecule has 1 unspecified atom stereocenters. The molecule has 0 aliphatic rings. The Kier molecular flexibility index (Phi) is 6.27. The van der Waals surface area contributed by atoms with E-state index in [0.717, 1.165) is 29.8 Å². The molecule has 0 aliphatic heterocycles. The van der Waals surface area contributed by atoms with Gasteiger partial charge in [-0.05, 0) is 48.7 Å². The van der Waals surface area contributed by atoms with E-state index in [4.69, 9.17) is 4.74 Å². The van der Waals surface area contributed by atoms with Gasteiger partial charge in [0, 0.05) is 17.1 Å². The summed E-state index contributed by atoms with van der Waals surface area (Å²) in [6.07, 6.45) is 1.04.